The zero-order valence-electron chi connectivity index (χ0n) is 12.2. The molecule has 0 aliphatic heterocycles. The molecule has 1 N–H and O–H groups in total. The molecule has 1 aromatic rings. The van der Waals surface area contributed by atoms with Gasteiger partial charge in [-0.05, 0) is 18.2 Å². The van der Waals surface area contributed by atoms with Gasteiger partial charge in [0.05, 0.1) is 12.7 Å². The number of halogens is 3. The molecule has 0 heterocycles. The summed E-state index contributed by atoms with van der Waals surface area (Å²) < 4.78 is 8.23. The number of carbonyl (C=O) groups is 2. The maximum absolute atomic E-state index is 11.8. The summed E-state index contributed by atoms with van der Waals surface area (Å²) >= 11 is 17.5. The van der Waals surface area contributed by atoms with Crippen LogP contribution in [-0.2, 0) is 9.53 Å². The van der Waals surface area contributed by atoms with Gasteiger partial charge in [0.25, 0.3) is 0 Å². The first-order chi connectivity index (χ1) is 10.1. The monoisotopic (exact) mass is 367 g/mol. The average Bonchev–Trinajstić information content (AvgIpc) is 2.44. The average molecular weight is 369 g/mol. The fraction of sp³-hybridized carbons (Fsp3) is 0.429. The van der Waals surface area contributed by atoms with Crippen LogP contribution in [0.1, 0.15) is 24.2 Å². The van der Waals surface area contributed by atoms with E-state index >= 15 is 0 Å². The molecule has 1 aromatic carbocycles. The minimum Gasteiger partial charge on any atom is -0.466 e. The molecule has 5 nitrogen and oxygen atoms in total. The Bertz CT molecular complexity index is 543. The van der Waals surface area contributed by atoms with Crippen molar-refractivity contribution in [2.24, 2.45) is 5.92 Å². The summed E-state index contributed by atoms with van der Waals surface area (Å²) in [6.45, 7) is 3.39. The number of ether oxygens (including phenoxy) is 2. The SMILES string of the molecule is COC(=O)c1cccc(OC(NC(=O)C(C)C)C(Cl)(Cl)Cl)c1. The first-order valence-corrected chi connectivity index (χ1v) is 7.50. The van der Waals surface area contributed by atoms with E-state index in [4.69, 9.17) is 39.5 Å². The first-order valence-electron chi connectivity index (χ1n) is 6.37. The van der Waals surface area contributed by atoms with Crippen molar-refractivity contribution in [1.29, 1.82) is 0 Å². The largest absolute Gasteiger partial charge is 0.466 e. The molecule has 1 atom stereocenters. The summed E-state index contributed by atoms with van der Waals surface area (Å²) in [5.74, 6) is -0.911. The van der Waals surface area contributed by atoms with Crippen molar-refractivity contribution in [3.63, 3.8) is 0 Å². The zero-order valence-corrected chi connectivity index (χ0v) is 14.5. The summed E-state index contributed by atoms with van der Waals surface area (Å²) in [5.41, 5.74) is 0.276. The highest BCUT2D eigenvalue weighted by Crippen LogP contribution is 2.32. The maximum atomic E-state index is 11.8. The minimum absolute atomic E-state index is 0.253. The van der Waals surface area contributed by atoms with Gasteiger partial charge < -0.3 is 14.8 Å². The van der Waals surface area contributed by atoms with Crippen LogP contribution < -0.4 is 10.1 Å². The molecule has 0 radical (unpaired) electrons. The van der Waals surface area contributed by atoms with E-state index in [1.165, 1.54) is 13.2 Å². The van der Waals surface area contributed by atoms with Gasteiger partial charge in [-0.2, -0.15) is 0 Å². The third kappa shape index (κ3) is 5.55. The van der Waals surface area contributed by atoms with Crippen molar-refractivity contribution >= 4 is 46.7 Å². The van der Waals surface area contributed by atoms with Crippen LogP contribution in [0.2, 0.25) is 0 Å². The van der Waals surface area contributed by atoms with Crippen molar-refractivity contribution in [3.8, 4) is 5.75 Å². The number of hydrogen-bond donors (Lipinski definition) is 1. The van der Waals surface area contributed by atoms with Crippen molar-refractivity contribution in [2.75, 3.05) is 7.11 Å². The molecule has 0 fully saturated rings. The van der Waals surface area contributed by atoms with Crippen LogP contribution in [0.5, 0.6) is 5.75 Å². The molecule has 0 spiro atoms. The lowest BCUT2D eigenvalue weighted by Gasteiger charge is -2.27. The molecule has 0 aliphatic rings. The number of benzene rings is 1. The van der Waals surface area contributed by atoms with Crippen molar-refractivity contribution < 1.29 is 19.1 Å². The molecule has 0 saturated carbocycles. The molecule has 0 saturated heterocycles. The summed E-state index contributed by atoms with van der Waals surface area (Å²) in [7, 11) is 1.27. The van der Waals surface area contributed by atoms with Gasteiger partial charge in [-0.15, -0.1) is 0 Å². The first kappa shape index (κ1) is 18.9. The number of amides is 1. The zero-order chi connectivity index (χ0) is 16.9. The smallest absolute Gasteiger partial charge is 0.337 e. The van der Waals surface area contributed by atoms with E-state index in [1.807, 2.05) is 0 Å². The Labute approximate surface area is 143 Å². The van der Waals surface area contributed by atoms with Crippen LogP contribution in [0.3, 0.4) is 0 Å². The van der Waals surface area contributed by atoms with Crippen LogP contribution in [0.15, 0.2) is 24.3 Å². The normalized spacial score (nSPS) is 12.7. The highest BCUT2D eigenvalue weighted by Gasteiger charge is 2.36. The number of esters is 1. The summed E-state index contributed by atoms with van der Waals surface area (Å²) in [5, 5.41) is 2.49. The van der Waals surface area contributed by atoms with Gasteiger partial charge in [-0.25, -0.2) is 4.79 Å². The third-order valence-electron chi connectivity index (χ3n) is 2.60. The van der Waals surface area contributed by atoms with Gasteiger partial charge in [-0.1, -0.05) is 54.7 Å². The van der Waals surface area contributed by atoms with Crippen LogP contribution in [-0.4, -0.2) is 29.0 Å². The number of hydrogen-bond acceptors (Lipinski definition) is 4. The van der Waals surface area contributed by atoms with Crippen molar-refractivity contribution in [3.05, 3.63) is 29.8 Å². The lowest BCUT2D eigenvalue weighted by Crippen LogP contribution is -2.49. The van der Waals surface area contributed by atoms with Gasteiger partial charge >= 0.3 is 5.97 Å². The van der Waals surface area contributed by atoms with E-state index in [1.54, 1.807) is 32.0 Å². The highest BCUT2D eigenvalue weighted by atomic mass is 35.6. The second kappa shape index (κ2) is 7.90. The van der Waals surface area contributed by atoms with E-state index < -0.39 is 16.0 Å². The summed E-state index contributed by atoms with van der Waals surface area (Å²) in [6, 6.07) is 6.13. The van der Waals surface area contributed by atoms with Crippen LogP contribution >= 0.6 is 34.8 Å². The van der Waals surface area contributed by atoms with Crippen molar-refractivity contribution in [1.82, 2.24) is 5.32 Å². The molecule has 1 rings (SSSR count). The molecular formula is C14H16Cl3NO4. The van der Waals surface area contributed by atoms with Crippen LogP contribution in [0, 0.1) is 5.92 Å². The molecule has 1 unspecified atom stereocenters. The molecule has 122 valence electrons. The molecular weight excluding hydrogens is 353 g/mol. The van der Waals surface area contributed by atoms with E-state index in [2.05, 4.69) is 10.1 Å². The Hall–Kier alpha value is -1.17. The number of methoxy groups -OCH3 is 1. The van der Waals surface area contributed by atoms with Gasteiger partial charge in [0.15, 0.2) is 0 Å². The molecule has 0 aliphatic carbocycles. The van der Waals surface area contributed by atoms with E-state index in [0.29, 0.717) is 0 Å². The van der Waals surface area contributed by atoms with Crippen LogP contribution in [0.25, 0.3) is 0 Å². The van der Waals surface area contributed by atoms with E-state index in [9.17, 15) is 9.59 Å². The quantitative estimate of drug-likeness (QED) is 0.492. The second-order valence-electron chi connectivity index (χ2n) is 4.72. The summed E-state index contributed by atoms with van der Waals surface area (Å²) in [6.07, 6.45) is -1.21. The Morgan fingerprint density at radius 1 is 1.23 bits per heavy atom. The lowest BCUT2D eigenvalue weighted by atomic mass is 10.2. The van der Waals surface area contributed by atoms with Crippen molar-refractivity contribution in [2.45, 2.75) is 23.9 Å². The predicted molar refractivity (Wildman–Crippen MR) is 85.5 cm³/mol. The second-order valence-corrected chi connectivity index (χ2v) is 7.09. The molecule has 22 heavy (non-hydrogen) atoms. The molecule has 0 aromatic heterocycles. The van der Waals surface area contributed by atoms with Gasteiger partial charge in [0.1, 0.15) is 5.75 Å². The Morgan fingerprint density at radius 2 is 1.86 bits per heavy atom. The molecule has 0 bridgehead atoms. The Balaban J connectivity index is 2.95. The maximum Gasteiger partial charge on any atom is 0.337 e. The fourth-order valence-corrected chi connectivity index (χ4v) is 1.72. The molecule has 8 heteroatoms. The Morgan fingerprint density at radius 3 is 2.36 bits per heavy atom. The topological polar surface area (TPSA) is 64.6 Å². The number of rotatable bonds is 5. The Kier molecular flexibility index (Phi) is 6.78. The van der Waals surface area contributed by atoms with E-state index in [0.717, 1.165) is 0 Å². The molecule has 1 amide bonds. The number of nitrogens with one attached hydrogen (secondary N) is 1. The van der Waals surface area contributed by atoms with Gasteiger partial charge in [-0.3, -0.25) is 4.79 Å². The fourth-order valence-electron chi connectivity index (χ4n) is 1.42. The minimum atomic E-state index is -1.88. The van der Waals surface area contributed by atoms with Crippen LogP contribution in [0.4, 0.5) is 0 Å². The number of alkyl halides is 3. The van der Waals surface area contributed by atoms with Gasteiger partial charge in [0.2, 0.25) is 15.9 Å². The summed E-state index contributed by atoms with van der Waals surface area (Å²) in [4.78, 5) is 23.3. The lowest BCUT2D eigenvalue weighted by molar-refractivity contribution is -0.126. The highest BCUT2D eigenvalue weighted by molar-refractivity contribution is 6.68. The predicted octanol–water partition coefficient (Wildman–Crippen LogP) is 3.32. The number of carbonyl (C=O) groups excluding carboxylic acids is 2. The standard InChI is InChI=1S/C14H16Cl3NO4/c1-8(2)11(19)18-13(14(15,16)17)22-10-6-4-5-9(7-10)12(20)21-3/h4-8,13H,1-3H3,(H,18,19). The van der Waals surface area contributed by atoms with Gasteiger partial charge in [0, 0.05) is 5.92 Å². The third-order valence-corrected chi connectivity index (χ3v) is 3.20. The van der Waals surface area contributed by atoms with E-state index in [-0.39, 0.29) is 23.1 Å².